The van der Waals surface area contributed by atoms with Crippen LogP contribution in [0.2, 0.25) is 0 Å². The zero-order valence-corrected chi connectivity index (χ0v) is 17.8. The smallest absolute Gasteiger partial charge is 0.266 e. The lowest BCUT2D eigenvalue weighted by atomic mass is 9.90. The topological polar surface area (TPSA) is 109 Å². The molecule has 162 valence electrons. The highest BCUT2D eigenvalue weighted by Crippen LogP contribution is 2.27. The molecule has 0 spiro atoms. The van der Waals surface area contributed by atoms with Crippen LogP contribution in [-0.4, -0.2) is 82.1 Å². The summed E-state index contributed by atoms with van der Waals surface area (Å²) in [6.45, 7) is 3.05. The molecule has 30 heavy (non-hydrogen) atoms. The van der Waals surface area contributed by atoms with Crippen LogP contribution in [0.4, 0.5) is 0 Å². The number of aliphatic hydroxyl groups is 1. The van der Waals surface area contributed by atoms with E-state index < -0.39 is 15.6 Å². The predicted molar refractivity (Wildman–Crippen MR) is 112 cm³/mol. The van der Waals surface area contributed by atoms with Crippen molar-refractivity contribution in [2.45, 2.75) is 25.0 Å². The summed E-state index contributed by atoms with van der Waals surface area (Å²) in [6.07, 6.45) is 5.81. The first-order chi connectivity index (χ1) is 14.2. The van der Waals surface area contributed by atoms with Crippen LogP contribution in [0.5, 0.6) is 0 Å². The van der Waals surface area contributed by atoms with Crippen molar-refractivity contribution in [3.63, 3.8) is 0 Å². The molecule has 2 aromatic heterocycles. The van der Waals surface area contributed by atoms with Gasteiger partial charge in [-0.3, -0.25) is 14.7 Å². The molecule has 1 unspecified atom stereocenters. The Kier molecular flexibility index (Phi) is 5.75. The lowest BCUT2D eigenvalue weighted by Gasteiger charge is -2.46. The molecule has 0 saturated carbocycles. The average molecular weight is 434 g/mol. The van der Waals surface area contributed by atoms with E-state index in [1.54, 1.807) is 18.5 Å². The van der Waals surface area contributed by atoms with Gasteiger partial charge in [-0.1, -0.05) is 0 Å². The zero-order chi connectivity index (χ0) is 21.4. The number of piperidine rings is 1. The van der Waals surface area contributed by atoms with E-state index in [0.717, 1.165) is 24.3 Å². The van der Waals surface area contributed by atoms with Crippen LogP contribution in [0.25, 0.3) is 11.3 Å². The van der Waals surface area contributed by atoms with Crippen LogP contribution < -0.4 is 5.56 Å². The second-order valence-corrected chi connectivity index (χ2v) is 10.4. The summed E-state index contributed by atoms with van der Waals surface area (Å²) in [6, 6.07) is 6.96. The Hall–Kier alpha value is -2.14. The van der Waals surface area contributed by atoms with Crippen LogP contribution in [0.15, 0.2) is 41.5 Å². The summed E-state index contributed by atoms with van der Waals surface area (Å²) >= 11 is 0. The van der Waals surface area contributed by atoms with Gasteiger partial charge in [0, 0.05) is 62.7 Å². The van der Waals surface area contributed by atoms with Gasteiger partial charge in [0.05, 0.1) is 24.1 Å². The van der Waals surface area contributed by atoms with Crippen LogP contribution in [-0.2, 0) is 16.6 Å². The zero-order valence-electron chi connectivity index (χ0n) is 17.0. The Bertz CT molecular complexity index is 1050. The lowest BCUT2D eigenvalue weighted by Crippen LogP contribution is -2.60. The summed E-state index contributed by atoms with van der Waals surface area (Å²) in [5.74, 6) is 0.265. The van der Waals surface area contributed by atoms with Crippen molar-refractivity contribution in [1.82, 2.24) is 24.0 Å². The van der Waals surface area contributed by atoms with Crippen LogP contribution in [0.1, 0.15) is 12.8 Å². The highest BCUT2D eigenvalue weighted by Gasteiger charge is 2.40. The Balaban J connectivity index is 1.35. The number of hydrogen-bond acceptors (Lipinski definition) is 7. The molecular formula is C20H27N5O4S. The monoisotopic (exact) mass is 433 g/mol. The summed E-state index contributed by atoms with van der Waals surface area (Å²) in [5, 5.41) is 15.4. The lowest BCUT2D eigenvalue weighted by molar-refractivity contribution is -0.0612. The molecule has 4 rings (SSSR count). The molecule has 0 amide bonds. The summed E-state index contributed by atoms with van der Waals surface area (Å²) in [5.41, 5.74) is 0.471. The average Bonchev–Trinajstić information content (AvgIpc) is 2.68. The van der Waals surface area contributed by atoms with Gasteiger partial charge in [-0.05, 0) is 31.0 Å². The predicted octanol–water partition coefficient (Wildman–Crippen LogP) is 0.0236. The van der Waals surface area contributed by atoms with Gasteiger partial charge in [-0.25, -0.2) is 13.1 Å². The first-order valence-electron chi connectivity index (χ1n) is 10.1. The van der Waals surface area contributed by atoms with Gasteiger partial charge in [-0.15, -0.1) is 0 Å². The number of pyridine rings is 1. The van der Waals surface area contributed by atoms with Gasteiger partial charge in [0.25, 0.3) is 5.56 Å². The molecule has 2 aliphatic rings. The summed E-state index contributed by atoms with van der Waals surface area (Å²) < 4.78 is 26.5. The quantitative estimate of drug-likeness (QED) is 0.684. The van der Waals surface area contributed by atoms with Crippen molar-refractivity contribution in [1.29, 1.82) is 0 Å². The molecule has 0 bridgehead atoms. The fourth-order valence-electron chi connectivity index (χ4n) is 4.32. The number of hydrogen-bond donors (Lipinski definition) is 1. The minimum Gasteiger partial charge on any atom is -0.387 e. The number of aromatic nitrogens is 3. The van der Waals surface area contributed by atoms with Gasteiger partial charge in [0.2, 0.25) is 10.0 Å². The van der Waals surface area contributed by atoms with E-state index in [2.05, 4.69) is 15.0 Å². The Morgan fingerprint density at radius 1 is 1.20 bits per heavy atom. The van der Waals surface area contributed by atoms with Crippen molar-refractivity contribution >= 4 is 10.0 Å². The summed E-state index contributed by atoms with van der Waals surface area (Å²) in [7, 11) is -3.30. The van der Waals surface area contributed by atoms with Gasteiger partial charge >= 0.3 is 0 Å². The molecule has 1 atom stereocenters. The van der Waals surface area contributed by atoms with E-state index >= 15 is 0 Å². The molecule has 2 aliphatic heterocycles. The van der Waals surface area contributed by atoms with Crippen molar-refractivity contribution in [2.24, 2.45) is 5.92 Å². The minimum atomic E-state index is -3.30. The largest absolute Gasteiger partial charge is 0.387 e. The van der Waals surface area contributed by atoms with Gasteiger partial charge in [0.15, 0.2) is 0 Å². The molecule has 4 heterocycles. The van der Waals surface area contributed by atoms with E-state index in [9.17, 15) is 18.3 Å². The van der Waals surface area contributed by atoms with E-state index in [1.165, 1.54) is 21.3 Å². The molecule has 2 saturated heterocycles. The third-order valence-electron chi connectivity index (χ3n) is 5.81. The Morgan fingerprint density at radius 2 is 1.93 bits per heavy atom. The molecule has 2 fully saturated rings. The van der Waals surface area contributed by atoms with Crippen molar-refractivity contribution < 1.29 is 13.5 Å². The third-order valence-corrected chi connectivity index (χ3v) is 7.06. The molecule has 10 heteroatoms. The molecule has 0 aliphatic carbocycles. The molecular weight excluding hydrogens is 406 g/mol. The van der Waals surface area contributed by atoms with Crippen LogP contribution in [0.3, 0.4) is 0 Å². The van der Waals surface area contributed by atoms with Crippen molar-refractivity contribution in [3.05, 3.63) is 47.0 Å². The third kappa shape index (κ3) is 4.77. The normalized spacial score (nSPS) is 23.9. The molecule has 2 aromatic rings. The number of likely N-dealkylation sites (tertiary alicyclic amines) is 1. The van der Waals surface area contributed by atoms with Crippen molar-refractivity contribution in [3.8, 4) is 11.3 Å². The number of sulfonamides is 1. The van der Waals surface area contributed by atoms with Gasteiger partial charge in [0.1, 0.15) is 0 Å². The fraction of sp³-hybridized carbons (Fsp3) is 0.550. The minimum absolute atomic E-state index is 0.138. The van der Waals surface area contributed by atoms with E-state index in [-0.39, 0.29) is 18.0 Å². The molecule has 9 nitrogen and oxygen atoms in total. The molecule has 0 radical (unpaired) electrons. The first-order valence-corrected chi connectivity index (χ1v) is 12.0. The highest BCUT2D eigenvalue weighted by atomic mass is 32.2. The van der Waals surface area contributed by atoms with Gasteiger partial charge < -0.3 is 5.11 Å². The van der Waals surface area contributed by atoms with Crippen molar-refractivity contribution in [2.75, 3.05) is 39.0 Å². The van der Waals surface area contributed by atoms with Crippen LogP contribution in [0, 0.1) is 5.92 Å². The second-order valence-electron chi connectivity index (χ2n) is 8.46. The standard InChI is InChI=1S/C20H27N5O4S/c1-30(28,29)24-10-2-7-20(27,15-24)14-23-11-16(12-23)13-25-19(26)4-3-18(22-25)17-5-8-21-9-6-17/h3-6,8-9,16,27H,2,7,10-15H2,1H3. The van der Waals surface area contributed by atoms with E-state index in [0.29, 0.717) is 32.5 Å². The van der Waals surface area contributed by atoms with E-state index in [4.69, 9.17) is 0 Å². The van der Waals surface area contributed by atoms with Gasteiger partial charge in [-0.2, -0.15) is 9.40 Å². The Morgan fingerprint density at radius 3 is 2.63 bits per heavy atom. The number of β-amino-alcohol motifs (C(OH)–C–C–N with tert-alkyl or cyclic N) is 1. The summed E-state index contributed by atoms with van der Waals surface area (Å²) in [4.78, 5) is 18.4. The maximum atomic E-state index is 12.2. The molecule has 1 N–H and O–H groups in total. The SMILES string of the molecule is CS(=O)(=O)N1CCCC(O)(CN2CC(Cn3nc(-c4ccncc4)ccc3=O)C2)C1. The first kappa shape index (κ1) is 21.1. The second kappa shape index (κ2) is 8.18. The maximum Gasteiger partial charge on any atom is 0.266 e. The van der Waals surface area contributed by atoms with E-state index in [1.807, 2.05) is 12.1 Å². The maximum absolute atomic E-state index is 12.2. The number of rotatable bonds is 6. The Labute approximate surface area is 176 Å². The highest BCUT2D eigenvalue weighted by molar-refractivity contribution is 7.88. The molecule has 0 aromatic carbocycles. The van der Waals surface area contributed by atoms with Crippen LogP contribution >= 0.6 is 0 Å². The number of nitrogens with zero attached hydrogens (tertiary/aromatic N) is 5. The fourth-order valence-corrected chi connectivity index (χ4v) is 5.26.